The standard InChI is InChI=1S/C18H15N3O2S2/c1-10-13(11(2)23-21-10)8-25-18-19-16(22)15-14(9-24-17(15)20-18)12-6-4-3-5-7-12/h3-7,9H,8H2,1-2H3,(H,19,20,22). The average molecular weight is 369 g/mol. The van der Waals surface area contributed by atoms with E-state index in [1.165, 1.54) is 23.1 Å². The van der Waals surface area contributed by atoms with Crippen molar-refractivity contribution in [2.75, 3.05) is 0 Å². The van der Waals surface area contributed by atoms with Crippen LogP contribution in [0.3, 0.4) is 0 Å². The maximum Gasteiger partial charge on any atom is 0.260 e. The molecule has 0 saturated heterocycles. The third-order valence-corrected chi connectivity index (χ3v) is 5.81. The second-order valence-corrected chi connectivity index (χ2v) is 7.48. The molecule has 1 aromatic carbocycles. The van der Waals surface area contributed by atoms with Gasteiger partial charge in [0.2, 0.25) is 0 Å². The first-order chi connectivity index (χ1) is 12.1. The molecule has 25 heavy (non-hydrogen) atoms. The van der Waals surface area contributed by atoms with Crippen LogP contribution in [-0.4, -0.2) is 15.1 Å². The van der Waals surface area contributed by atoms with Crippen LogP contribution >= 0.6 is 23.1 Å². The molecule has 0 spiro atoms. The van der Waals surface area contributed by atoms with Crippen molar-refractivity contribution < 1.29 is 4.52 Å². The van der Waals surface area contributed by atoms with Gasteiger partial charge in [0.1, 0.15) is 10.6 Å². The number of thiophene rings is 1. The first-order valence-electron chi connectivity index (χ1n) is 7.75. The summed E-state index contributed by atoms with van der Waals surface area (Å²) in [5.41, 5.74) is 3.76. The number of hydrogen-bond donors (Lipinski definition) is 1. The zero-order valence-corrected chi connectivity index (χ0v) is 15.3. The molecule has 126 valence electrons. The summed E-state index contributed by atoms with van der Waals surface area (Å²) in [4.78, 5) is 20.9. The molecule has 0 aliphatic rings. The van der Waals surface area contributed by atoms with Crippen LogP contribution in [0.1, 0.15) is 17.0 Å². The summed E-state index contributed by atoms with van der Waals surface area (Å²) in [5, 5.41) is 7.21. The monoisotopic (exact) mass is 369 g/mol. The minimum atomic E-state index is -0.105. The Balaban J connectivity index is 1.68. The van der Waals surface area contributed by atoms with Gasteiger partial charge in [0.15, 0.2) is 5.16 Å². The lowest BCUT2D eigenvalue weighted by atomic mass is 10.1. The van der Waals surface area contributed by atoms with E-state index in [2.05, 4.69) is 15.1 Å². The molecule has 5 nitrogen and oxygen atoms in total. The molecule has 0 aliphatic heterocycles. The third kappa shape index (κ3) is 3.01. The van der Waals surface area contributed by atoms with Crippen molar-refractivity contribution >= 4 is 33.3 Å². The molecule has 0 fully saturated rings. The summed E-state index contributed by atoms with van der Waals surface area (Å²) in [6.07, 6.45) is 0. The van der Waals surface area contributed by atoms with Crippen molar-refractivity contribution in [3.63, 3.8) is 0 Å². The Labute approximate surface area is 152 Å². The molecule has 0 atom stereocenters. The van der Waals surface area contributed by atoms with Crippen molar-refractivity contribution in [2.24, 2.45) is 0 Å². The Morgan fingerprint density at radius 2 is 2.04 bits per heavy atom. The SMILES string of the molecule is Cc1noc(C)c1CSc1nc2scc(-c3ccccc3)c2c(=O)[nH]1. The average Bonchev–Trinajstić information content (AvgIpc) is 3.18. The van der Waals surface area contributed by atoms with Crippen molar-refractivity contribution in [1.29, 1.82) is 0 Å². The molecule has 0 bridgehead atoms. The third-order valence-electron chi connectivity index (χ3n) is 4.04. The quantitative estimate of drug-likeness (QED) is 0.422. The predicted octanol–water partition coefficient (Wildman–Crippen LogP) is 4.55. The van der Waals surface area contributed by atoms with Crippen LogP contribution in [0.15, 0.2) is 50.2 Å². The number of fused-ring (bicyclic) bond motifs is 1. The van der Waals surface area contributed by atoms with Crippen LogP contribution in [0.5, 0.6) is 0 Å². The van der Waals surface area contributed by atoms with Gasteiger partial charge in [-0.3, -0.25) is 4.79 Å². The molecule has 7 heteroatoms. The van der Waals surface area contributed by atoms with Crippen LogP contribution in [0, 0.1) is 13.8 Å². The van der Waals surface area contributed by atoms with E-state index >= 15 is 0 Å². The Hall–Kier alpha value is -2.38. The summed E-state index contributed by atoms with van der Waals surface area (Å²) in [7, 11) is 0. The highest BCUT2D eigenvalue weighted by molar-refractivity contribution is 7.98. The molecule has 1 N–H and O–H groups in total. The number of nitrogens with one attached hydrogen (secondary N) is 1. The van der Waals surface area contributed by atoms with Crippen LogP contribution in [-0.2, 0) is 5.75 Å². The second kappa shape index (κ2) is 6.50. The van der Waals surface area contributed by atoms with Crippen LogP contribution < -0.4 is 5.56 Å². The fourth-order valence-electron chi connectivity index (χ4n) is 2.68. The van der Waals surface area contributed by atoms with Gasteiger partial charge in [0.05, 0.1) is 11.1 Å². The van der Waals surface area contributed by atoms with Gasteiger partial charge in [-0.25, -0.2) is 4.98 Å². The number of thioether (sulfide) groups is 1. The fraction of sp³-hybridized carbons (Fsp3) is 0.167. The van der Waals surface area contributed by atoms with Crippen molar-refractivity contribution in [1.82, 2.24) is 15.1 Å². The molecule has 0 unspecified atom stereocenters. The van der Waals surface area contributed by atoms with E-state index in [0.717, 1.165) is 33.0 Å². The first-order valence-corrected chi connectivity index (χ1v) is 9.61. The van der Waals surface area contributed by atoms with Gasteiger partial charge >= 0.3 is 0 Å². The highest BCUT2D eigenvalue weighted by atomic mass is 32.2. The van der Waals surface area contributed by atoms with Crippen molar-refractivity contribution in [3.05, 3.63) is 63.1 Å². The Morgan fingerprint density at radius 3 is 2.76 bits per heavy atom. The Kier molecular flexibility index (Phi) is 4.19. The summed E-state index contributed by atoms with van der Waals surface area (Å²) < 4.78 is 5.18. The number of nitrogens with zero attached hydrogens (tertiary/aromatic N) is 2. The van der Waals surface area contributed by atoms with Gasteiger partial charge in [-0.15, -0.1) is 11.3 Å². The van der Waals surface area contributed by atoms with Gasteiger partial charge in [0.25, 0.3) is 5.56 Å². The number of aromatic amines is 1. The van der Waals surface area contributed by atoms with E-state index in [-0.39, 0.29) is 5.56 Å². The molecular formula is C18H15N3O2S2. The van der Waals surface area contributed by atoms with E-state index in [4.69, 9.17) is 4.52 Å². The predicted molar refractivity (Wildman–Crippen MR) is 101 cm³/mol. The molecule has 4 aromatic rings. The number of aryl methyl sites for hydroxylation is 2. The van der Waals surface area contributed by atoms with Gasteiger partial charge in [-0.05, 0) is 19.4 Å². The van der Waals surface area contributed by atoms with Gasteiger partial charge in [-0.2, -0.15) is 0 Å². The first kappa shape index (κ1) is 16.1. The number of hydrogen-bond acceptors (Lipinski definition) is 6. The van der Waals surface area contributed by atoms with E-state index in [0.29, 0.717) is 16.3 Å². The normalized spacial score (nSPS) is 11.3. The number of benzene rings is 1. The zero-order chi connectivity index (χ0) is 17.4. The van der Waals surface area contributed by atoms with Gasteiger partial charge < -0.3 is 9.51 Å². The zero-order valence-electron chi connectivity index (χ0n) is 13.7. The van der Waals surface area contributed by atoms with Gasteiger partial charge in [-0.1, -0.05) is 47.3 Å². The van der Waals surface area contributed by atoms with Crippen LogP contribution in [0.25, 0.3) is 21.3 Å². The lowest BCUT2D eigenvalue weighted by Gasteiger charge is -2.02. The summed E-state index contributed by atoms with van der Waals surface area (Å²) in [5.74, 6) is 1.46. The maximum atomic E-state index is 12.6. The second-order valence-electron chi connectivity index (χ2n) is 5.66. The lowest BCUT2D eigenvalue weighted by molar-refractivity contribution is 0.392. The Bertz CT molecular complexity index is 1080. The topological polar surface area (TPSA) is 71.8 Å². The minimum Gasteiger partial charge on any atom is -0.361 e. The summed E-state index contributed by atoms with van der Waals surface area (Å²) in [6.45, 7) is 3.80. The molecule has 0 aliphatic carbocycles. The molecule has 0 amide bonds. The summed E-state index contributed by atoms with van der Waals surface area (Å²) >= 11 is 2.97. The number of H-pyrrole nitrogens is 1. The van der Waals surface area contributed by atoms with Crippen molar-refractivity contribution in [2.45, 2.75) is 24.8 Å². The van der Waals surface area contributed by atoms with E-state index in [1.54, 1.807) is 0 Å². The Morgan fingerprint density at radius 1 is 1.24 bits per heavy atom. The maximum absolute atomic E-state index is 12.6. The van der Waals surface area contributed by atoms with E-state index < -0.39 is 0 Å². The molecule has 3 heterocycles. The number of aromatic nitrogens is 3. The smallest absolute Gasteiger partial charge is 0.260 e. The molecule has 3 aromatic heterocycles. The molecule has 4 rings (SSSR count). The molecular weight excluding hydrogens is 354 g/mol. The summed E-state index contributed by atoms with van der Waals surface area (Å²) in [6, 6.07) is 9.90. The molecule has 0 saturated carbocycles. The van der Waals surface area contributed by atoms with Crippen LogP contribution in [0.2, 0.25) is 0 Å². The van der Waals surface area contributed by atoms with Crippen LogP contribution in [0.4, 0.5) is 0 Å². The highest BCUT2D eigenvalue weighted by Crippen LogP contribution is 2.32. The highest BCUT2D eigenvalue weighted by Gasteiger charge is 2.14. The van der Waals surface area contributed by atoms with E-state index in [9.17, 15) is 4.79 Å². The van der Waals surface area contributed by atoms with E-state index in [1.807, 2.05) is 49.6 Å². The lowest BCUT2D eigenvalue weighted by Crippen LogP contribution is -2.08. The number of rotatable bonds is 4. The minimum absolute atomic E-state index is 0.105. The molecule has 0 radical (unpaired) electrons. The van der Waals surface area contributed by atoms with Gasteiger partial charge in [0, 0.05) is 22.3 Å². The largest absolute Gasteiger partial charge is 0.361 e. The van der Waals surface area contributed by atoms with Crippen molar-refractivity contribution in [3.8, 4) is 11.1 Å². The fourth-order valence-corrected chi connectivity index (χ4v) is 4.70.